The maximum atomic E-state index is 12.7. The van der Waals surface area contributed by atoms with Gasteiger partial charge in [0.2, 0.25) is 0 Å². The highest BCUT2D eigenvalue weighted by Gasteiger charge is 2.28. The Hall–Kier alpha value is -2.29. The second kappa shape index (κ2) is 5.78. The van der Waals surface area contributed by atoms with Crippen LogP contribution in [0.25, 0.3) is 0 Å². The van der Waals surface area contributed by atoms with E-state index < -0.39 is 0 Å². The fourth-order valence-electron chi connectivity index (χ4n) is 2.42. The maximum Gasteiger partial charge on any atom is 0.174 e. The number of nitrogens with two attached hydrogens (primary N) is 1. The number of carbonyl (C=O) groups excluding carboxylic acids is 1. The molecule has 1 aromatic carbocycles. The Bertz CT molecular complexity index is 609. The number of hydrogen-bond acceptors (Lipinski definition) is 3. The fourth-order valence-corrected chi connectivity index (χ4v) is 2.42. The molecule has 0 spiro atoms. The number of rotatable bonds is 3. The van der Waals surface area contributed by atoms with Crippen LogP contribution in [0.5, 0.6) is 0 Å². The van der Waals surface area contributed by atoms with Crippen molar-refractivity contribution in [3.8, 4) is 0 Å². The number of ketones is 1. The Morgan fingerprint density at radius 1 is 1.25 bits per heavy atom. The van der Waals surface area contributed by atoms with Gasteiger partial charge in [-0.05, 0) is 19.9 Å². The Morgan fingerprint density at radius 2 is 1.90 bits per heavy atom. The molecule has 0 aliphatic heterocycles. The van der Waals surface area contributed by atoms with Crippen LogP contribution in [0.3, 0.4) is 0 Å². The molecule has 1 atom stereocenters. The molecule has 1 aliphatic rings. The van der Waals surface area contributed by atoms with Gasteiger partial charge in [0, 0.05) is 16.8 Å². The molecule has 3 heteroatoms. The van der Waals surface area contributed by atoms with E-state index in [2.05, 4.69) is 0 Å². The van der Waals surface area contributed by atoms with E-state index >= 15 is 0 Å². The van der Waals surface area contributed by atoms with E-state index in [-0.39, 0.29) is 11.7 Å². The van der Waals surface area contributed by atoms with Crippen LogP contribution in [0.1, 0.15) is 24.2 Å². The van der Waals surface area contributed by atoms with Crippen molar-refractivity contribution in [2.75, 3.05) is 7.11 Å². The van der Waals surface area contributed by atoms with Gasteiger partial charge in [0.25, 0.3) is 0 Å². The van der Waals surface area contributed by atoms with E-state index in [0.29, 0.717) is 17.0 Å². The van der Waals surface area contributed by atoms with Gasteiger partial charge < -0.3 is 10.5 Å². The summed E-state index contributed by atoms with van der Waals surface area (Å²) in [4.78, 5) is 12.7. The molecule has 20 heavy (non-hydrogen) atoms. The summed E-state index contributed by atoms with van der Waals surface area (Å²) in [6.45, 7) is 3.77. The second-order valence-corrected chi connectivity index (χ2v) is 4.89. The van der Waals surface area contributed by atoms with Gasteiger partial charge in [-0.25, -0.2) is 0 Å². The molecule has 104 valence electrons. The predicted octanol–water partition coefficient (Wildman–Crippen LogP) is 3.21. The first-order valence-electron chi connectivity index (χ1n) is 6.54. The topological polar surface area (TPSA) is 52.3 Å². The first-order valence-corrected chi connectivity index (χ1v) is 6.54. The van der Waals surface area contributed by atoms with Crippen LogP contribution in [0.2, 0.25) is 0 Å². The molecule has 2 rings (SSSR count). The SMILES string of the molecule is COC(C)=C1C(N)=CC(C)=CC1C(=O)c1ccccc1. The number of carbonyl (C=O) groups is 1. The maximum absolute atomic E-state index is 12.7. The average Bonchev–Trinajstić information content (AvgIpc) is 2.46. The summed E-state index contributed by atoms with van der Waals surface area (Å²) >= 11 is 0. The van der Waals surface area contributed by atoms with Crippen molar-refractivity contribution in [3.05, 3.63) is 70.6 Å². The first-order chi connectivity index (χ1) is 9.54. The summed E-state index contributed by atoms with van der Waals surface area (Å²) in [5.41, 5.74) is 9.10. The number of allylic oxidation sites excluding steroid dienone is 5. The molecule has 1 aromatic rings. The van der Waals surface area contributed by atoms with Gasteiger partial charge in [-0.15, -0.1) is 0 Å². The van der Waals surface area contributed by atoms with Crippen molar-refractivity contribution < 1.29 is 9.53 Å². The zero-order chi connectivity index (χ0) is 14.7. The molecule has 3 nitrogen and oxygen atoms in total. The summed E-state index contributed by atoms with van der Waals surface area (Å²) in [6.07, 6.45) is 3.80. The summed E-state index contributed by atoms with van der Waals surface area (Å²) in [5, 5.41) is 0. The minimum atomic E-state index is -0.387. The first kappa shape index (κ1) is 14.1. The summed E-state index contributed by atoms with van der Waals surface area (Å²) in [6, 6.07) is 9.25. The molecule has 0 radical (unpaired) electrons. The van der Waals surface area contributed by atoms with E-state index in [1.54, 1.807) is 7.11 Å². The normalized spacial score (nSPS) is 20.9. The third-order valence-corrected chi connectivity index (χ3v) is 3.46. The highest BCUT2D eigenvalue weighted by Crippen LogP contribution is 2.31. The monoisotopic (exact) mass is 269 g/mol. The zero-order valence-electron chi connectivity index (χ0n) is 12.0. The molecule has 0 saturated heterocycles. The molecule has 0 amide bonds. The third kappa shape index (κ3) is 2.67. The van der Waals surface area contributed by atoms with Gasteiger partial charge in [-0.2, -0.15) is 0 Å². The molecule has 0 bridgehead atoms. The van der Waals surface area contributed by atoms with Crippen molar-refractivity contribution in [3.63, 3.8) is 0 Å². The molecular weight excluding hydrogens is 250 g/mol. The number of methoxy groups -OCH3 is 1. The minimum Gasteiger partial charge on any atom is -0.501 e. The lowest BCUT2D eigenvalue weighted by Gasteiger charge is -2.23. The average molecular weight is 269 g/mol. The number of hydrogen-bond donors (Lipinski definition) is 1. The lowest BCUT2D eigenvalue weighted by Crippen LogP contribution is -2.23. The van der Waals surface area contributed by atoms with Gasteiger partial charge in [0.15, 0.2) is 5.78 Å². The summed E-state index contributed by atoms with van der Waals surface area (Å²) in [7, 11) is 1.59. The van der Waals surface area contributed by atoms with E-state index in [9.17, 15) is 4.79 Å². The Morgan fingerprint density at radius 3 is 2.50 bits per heavy atom. The molecular formula is C17H19NO2. The van der Waals surface area contributed by atoms with Crippen molar-refractivity contribution in [1.29, 1.82) is 0 Å². The molecule has 0 saturated carbocycles. The van der Waals surface area contributed by atoms with Crippen LogP contribution < -0.4 is 5.73 Å². The highest BCUT2D eigenvalue weighted by atomic mass is 16.5. The Kier molecular flexibility index (Phi) is 4.08. The van der Waals surface area contributed by atoms with Crippen molar-refractivity contribution >= 4 is 5.78 Å². The third-order valence-electron chi connectivity index (χ3n) is 3.46. The van der Waals surface area contributed by atoms with Crippen molar-refractivity contribution in [1.82, 2.24) is 0 Å². The Labute approximate surface area is 119 Å². The predicted molar refractivity (Wildman–Crippen MR) is 80.0 cm³/mol. The summed E-state index contributed by atoms with van der Waals surface area (Å²) < 4.78 is 5.29. The molecule has 1 unspecified atom stereocenters. The van der Waals surface area contributed by atoms with Crippen LogP contribution in [0.4, 0.5) is 0 Å². The van der Waals surface area contributed by atoms with Gasteiger partial charge in [-0.1, -0.05) is 42.0 Å². The van der Waals surface area contributed by atoms with Gasteiger partial charge in [0.1, 0.15) is 0 Å². The Balaban J connectivity index is 2.48. The van der Waals surface area contributed by atoms with Crippen LogP contribution in [-0.4, -0.2) is 12.9 Å². The molecule has 1 aliphatic carbocycles. The second-order valence-electron chi connectivity index (χ2n) is 4.89. The molecule has 0 fully saturated rings. The van der Waals surface area contributed by atoms with E-state index in [1.807, 2.05) is 56.3 Å². The number of benzene rings is 1. The number of Topliss-reactive ketones (excluding diaryl/α,β-unsaturated/α-hetero) is 1. The fraction of sp³-hybridized carbons (Fsp3) is 0.235. The van der Waals surface area contributed by atoms with Gasteiger partial charge in [-0.3, -0.25) is 4.79 Å². The highest BCUT2D eigenvalue weighted by molar-refractivity contribution is 6.01. The molecule has 0 heterocycles. The van der Waals surface area contributed by atoms with E-state index in [1.165, 1.54) is 0 Å². The number of ether oxygens (including phenoxy) is 1. The van der Waals surface area contributed by atoms with Crippen LogP contribution in [0, 0.1) is 5.92 Å². The van der Waals surface area contributed by atoms with Crippen LogP contribution in [-0.2, 0) is 4.74 Å². The van der Waals surface area contributed by atoms with E-state index in [0.717, 1.165) is 11.1 Å². The van der Waals surface area contributed by atoms with Crippen LogP contribution in [0.15, 0.2) is 65.1 Å². The zero-order valence-corrected chi connectivity index (χ0v) is 12.0. The van der Waals surface area contributed by atoms with Gasteiger partial charge >= 0.3 is 0 Å². The van der Waals surface area contributed by atoms with Crippen LogP contribution >= 0.6 is 0 Å². The lowest BCUT2D eigenvalue weighted by molar-refractivity contribution is 0.0957. The standard InChI is InChI=1S/C17H19NO2/c1-11-9-14(16(12(2)20-3)15(18)10-11)17(19)13-7-5-4-6-8-13/h4-10,14H,18H2,1-3H3. The molecule has 2 N–H and O–H groups in total. The summed E-state index contributed by atoms with van der Waals surface area (Å²) in [5.74, 6) is 0.325. The smallest absolute Gasteiger partial charge is 0.174 e. The van der Waals surface area contributed by atoms with Crippen molar-refractivity contribution in [2.45, 2.75) is 13.8 Å². The quantitative estimate of drug-likeness (QED) is 0.677. The minimum absolute atomic E-state index is 0.0346. The largest absolute Gasteiger partial charge is 0.501 e. The lowest BCUT2D eigenvalue weighted by atomic mass is 9.83. The molecule has 0 aromatic heterocycles. The van der Waals surface area contributed by atoms with Gasteiger partial charge in [0.05, 0.1) is 18.8 Å². The van der Waals surface area contributed by atoms with E-state index in [4.69, 9.17) is 10.5 Å². The van der Waals surface area contributed by atoms with Crippen molar-refractivity contribution in [2.24, 2.45) is 11.7 Å².